The summed E-state index contributed by atoms with van der Waals surface area (Å²) >= 11 is 0. The molecule has 2 fully saturated rings. The lowest BCUT2D eigenvalue weighted by molar-refractivity contribution is -0.0588. The molecule has 2 aliphatic rings. The summed E-state index contributed by atoms with van der Waals surface area (Å²) < 4.78 is 28.4. The summed E-state index contributed by atoms with van der Waals surface area (Å²) in [7, 11) is 0. The molecule has 2 aliphatic heterocycles. The number of pyridine rings is 2. The van der Waals surface area contributed by atoms with E-state index < -0.39 is 11.8 Å². The Morgan fingerprint density at radius 1 is 1.20 bits per heavy atom. The first kappa shape index (κ1) is 26.4. The van der Waals surface area contributed by atoms with E-state index in [1.807, 2.05) is 24.3 Å². The predicted octanol–water partition coefficient (Wildman–Crippen LogP) is 4.59. The molecule has 11 heteroatoms. The van der Waals surface area contributed by atoms with E-state index in [2.05, 4.69) is 19.9 Å². The van der Waals surface area contributed by atoms with E-state index in [-0.39, 0.29) is 23.8 Å². The Morgan fingerprint density at radius 2 is 2.02 bits per heavy atom. The van der Waals surface area contributed by atoms with Gasteiger partial charge < -0.3 is 24.0 Å². The fourth-order valence-corrected chi connectivity index (χ4v) is 5.03. The number of aromatic nitrogens is 4. The molecule has 6 rings (SSSR count). The number of rotatable bonds is 8. The average molecular weight is 555 g/mol. The molecule has 1 aromatic carbocycles. The van der Waals surface area contributed by atoms with E-state index in [0.29, 0.717) is 41.6 Å². The molecule has 0 amide bonds. The lowest BCUT2D eigenvalue weighted by Crippen LogP contribution is -2.32. The summed E-state index contributed by atoms with van der Waals surface area (Å²) in [5, 5.41) is 18.3. The van der Waals surface area contributed by atoms with Crippen molar-refractivity contribution in [2.75, 3.05) is 24.6 Å². The molecule has 0 unspecified atom stereocenters. The fraction of sp³-hybridized carbons (Fsp3) is 0.300. The summed E-state index contributed by atoms with van der Waals surface area (Å²) in [6.45, 7) is 2.80. The fourth-order valence-electron chi connectivity index (χ4n) is 5.03. The number of hydrogen-bond acceptors (Lipinski definition) is 8. The summed E-state index contributed by atoms with van der Waals surface area (Å²) in [5.41, 5.74) is 2.63. The molecule has 4 aromatic rings. The van der Waals surface area contributed by atoms with Crippen molar-refractivity contribution >= 4 is 28.9 Å². The molecule has 1 atom stereocenters. The number of anilines is 1. The van der Waals surface area contributed by atoms with Crippen LogP contribution in [0.2, 0.25) is 0 Å². The number of nitriles is 1. The molecule has 0 radical (unpaired) electrons. The van der Waals surface area contributed by atoms with Crippen molar-refractivity contribution in [2.45, 2.75) is 38.5 Å². The van der Waals surface area contributed by atoms with Gasteiger partial charge in [0.25, 0.3) is 0 Å². The quantitative estimate of drug-likeness (QED) is 0.333. The van der Waals surface area contributed by atoms with E-state index in [4.69, 9.17) is 14.7 Å². The van der Waals surface area contributed by atoms with Crippen LogP contribution in [0.1, 0.15) is 46.7 Å². The van der Waals surface area contributed by atoms with E-state index in [1.54, 1.807) is 28.8 Å². The highest BCUT2D eigenvalue weighted by Crippen LogP contribution is 2.29. The lowest BCUT2D eigenvalue weighted by atomic mass is 10.0. The first-order valence-electron chi connectivity index (χ1n) is 13.4. The van der Waals surface area contributed by atoms with Gasteiger partial charge in [0.15, 0.2) is 5.82 Å². The SMILES string of the molecule is N#Cc1ccc(COc2cccc(N3CCC(=Cc4nc5ccc(C(=O)O)c(F)c5n4C[C@@H]4CCO4)CC3)n2)nc1. The molecule has 0 bridgehead atoms. The average Bonchev–Trinajstić information content (AvgIpc) is 3.32. The van der Waals surface area contributed by atoms with E-state index in [0.717, 1.165) is 38.2 Å². The minimum absolute atomic E-state index is 0.0486. The van der Waals surface area contributed by atoms with Crippen molar-refractivity contribution in [3.05, 3.63) is 82.7 Å². The van der Waals surface area contributed by atoms with Crippen molar-refractivity contribution < 1.29 is 23.8 Å². The highest BCUT2D eigenvalue weighted by Gasteiger charge is 2.25. The van der Waals surface area contributed by atoms with E-state index in [9.17, 15) is 9.90 Å². The molecule has 5 heterocycles. The highest BCUT2D eigenvalue weighted by molar-refractivity contribution is 5.93. The second-order valence-electron chi connectivity index (χ2n) is 10.0. The molecule has 0 spiro atoms. The van der Waals surface area contributed by atoms with Crippen LogP contribution in [0.5, 0.6) is 5.88 Å². The smallest absolute Gasteiger partial charge is 0.338 e. The van der Waals surface area contributed by atoms with Crippen molar-refractivity contribution in [2.24, 2.45) is 0 Å². The Balaban J connectivity index is 1.16. The lowest BCUT2D eigenvalue weighted by Gasteiger charge is -2.30. The normalized spacial score (nSPS) is 16.7. The second-order valence-corrected chi connectivity index (χ2v) is 10.0. The molecule has 208 valence electrons. The van der Waals surface area contributed by atoms with Crippen molar-refractivity contribution in [1.29, 1.82) is 5.26 Å². The zero-order valence-corrected chi connectivity index (χ0v) is 22.2. The summed E-state index contributed by atoms with van der Waals surface area (Å²) in [6.07, 6.45) is 5.87. The third kappa shape index (κ3) is 5.60. The number of carboxylic acids is 1. The molecular formula is C30H27FN6O4. The first-order chi connectivity index (χ1) is 20.0. The van der Waals surface area contributed by atoms with Gasteiger partial charge in [-0.1, -0.05) is 11.6 Å². The monoisotopic (exact) mass is 554 g/mol. The van der Waals surface area contributed by atoms with Gasteiger partial charge in [-0.2, -0.15) is 10.2 Å². The second kappa shape index (κ2) is 11.3. The number of benzene rings is 1. The van der Waals surface area contributed by atoms with Crippen LogP contribution in [-0.2, 0) is 17.9 Å². The predicted molar refractivity (Wildman–Crippen MR) is 148 cm³/mol. The van der Waals surface area contributed by atoms with Crippen LogP contribution < -0.4 is 9.64 Å². The number of carboxylic acid groups (broad SMARTS) is 1. The largest absolute Gasteiger partial charge is 0.478 e. The molecule has 10 nitrogen and oxygen atoms in total. The van der Waals surface area contributed by atoms with Crippen LogP contribution in [0.3, 0.4) is 0 Å². The maximum Gasteiger partial charge on any atom is 0.338 e. The van der Waals surface area contributed by atoms with Gasteiger partial charge in [0, 0.05) is 32.0 Å². The standard InChI is InChI=1S/C30H27FN6O4/c31-28-23(30(38)39)6-7-24-29(28)37(17-22-10-13-40-22)26(34-24)14-19-8-11-36(12-9-19)25-2-1-3-27(35-25)41-18-21-5-4-20(15-32)16-33-21/h1-7,14,16,22H,8-13,17-18H2,(H,38,39)/t22-/m0/s1. The number of hydrogen-bond donors (Lipinski definition) is 1. The van der Waals surface area contributed by atoms with Crippen LogP contribution in [0, 0.1) is 17.1 Å². The van der Waals surface area contributed by atoms with Gasteiger partial charge in [0.2, 0.25) is 5.88 Å². The van der Waals surface area contributed by atoms with Crippen LogP contribution in [0.4, 0.5) is 10.2 Å². The Hall–Kier alpha value is -4.82. The number of fused-ring (bicyclic) bond motifs is 1. The minimum Gasteiger partial charge on any atom is -0.478 e. The van der Waals surface area contributed by atoms with Crippen molar-refractivity contribution in [3.8, 4) is 11.9 Å². The molecule has 2 saturated heterocycles. The van der Waals surface area contributed by atoms with Gasteiger partial charge in [-0.3, -0.25) is 4.98 Å². The zero-order chi connectivity index (χ0) is 28.3. The van der Waals surface area contributed by atoms with Gasteiger partial charge in [-0.05, 0) is 55.7 Å². The Labute approximate surface area is 235 Å². The molecule has 0 saturated carbocycles. The van der Waals surface area contributed by atoms with Crippen molar-refractivity contribution in [3.63, 3.8) is 0 Å². The van der Waals surface area contributed by atoms with E-state index >= 15 is 4.39 Å². The summed E-state index contributed by atoms with van der Waals surface area (Å²) in [6, 6.07) is 14.0. The number of halogens is 1. The minimum atomic E-state index is -1.31. The van der Waals surface area contributed by atoms with Gasteiger partial charge in [-0.25, -0.2) is 14.2 Å². The molecule has 0 aliphatic carbocycles. The Bertz CT molecular complexity index is 1660. The van der Waals surface area contributed by atoms with Crippen molar-refractivity contribution in [1.82, 2.24) is 19.5 Å². The van der Waals surface area contributed by atoms with Gasteiger partial charge in [0.05, 0.1) is 35.0 Å². The van der Waals surface area contributed by atoms with Gasteiger partial charge in [0.1, 0.15) is 29.8 Å². The zero-order valence-electron chi connectivity index (χ0n) is 22.2. The maximum absolute atomic E-state index is 15.3. The maximum atomic E-state index is 15.3. The number of imidazole rings is 1. The molecule has 1 N–H and O–H groups in total. The Morgan fingerprint density at radius 3 is 2.71 bits per heavy atom. The summed E-state index contributed by atoms with van der Waals surface area (Å²) in [5.74, 6) is -0.176. The van der Waals surface area contributed by atoms with Crippen LogP contribution in [0.25, 0.3) is 17.1 Å². The van der Waals surface area contributed by atoms with Crippen LogP contribution >= 0.6 is 0 Å². The molecule has 3 aromatic heterocycles. The number of ether oxygens (including phenoxy) is 2. The number of piperidine rings is 1. The number of aromatic carboxylic acids is 1. The van der Waals surface area contributed by atoms with E-state index in [1.165, 1.54) is 17.8 Å². The third-order valence-corrected chi connectivity index (χ3v) is 7.38. The highest BCUT2D eigenvalue weighted by atomic mass is 19.1. The first-order valence-corrected chi connectivity index (χ1v) is 13.4. The third-order valence-electron chi connectivity index (χ3n) is 7.38. The molecule has 41 heavy (non-hydrogen) atoms. The van der Waals surface area contributed by atoms with Gasteiger partial charge in [-0.15, -0.1) is 0 Å². The van der Waals surface area contributed by atoms with Crippen LogP contribution in [0.15, 0.2) is 54.2 Å². The van der Waals surface area contributed by atoms with Gasteiger partial charge >= 0.3 is 5.97 Å². The number of carbonyl (C=O) groups is 1. The topological polar surface area (TPSA) is 126 Å². The number of nitrogens with zero attached hydrogens (tertiary/aromatic N) is 6. The molecular weight excluding hydrogens is 527 g/mol. The Kier molecular flexibility index (Phi) is 7.31. The summed E-state index contributed by atoms with van der Waals surface area (Å²) in [4.78, 5) is 27.3. The van der Waals surface area contributed by atoms with Crippen LogP contribution in [-0.4, -0.2) is 56.4 Å².